The van der Waals surface area contributed by atoms with Crippen LogP contribution in [0, 0.1) is 11.6 Å². The molecule has 1 unspecified atom stereocenters. The number of nitrogens with one attached hydrogen (secondary N) is 1. The first-order chi connectivity index (χ1) is 18.7. The topological polar surface area (TPSA) is 82.6 Å². The fraction of sp³-hybridized carbons (Fsp3) is 0.241. The molecule has 0 radical (unpaired) electrons. The molecule has 1 amide bonds. The number of hydrogen-bond donors (Lipinski definition) is 1. The molecule has 1 aliphatic rings. The smallest absolute Gasteiger partial charge is 0.264 e. The van der Waals surface area contributed by atoms with Crippen molar-refractivity contribution in [3.8, 4) is 0 Å². The number of hydrogen-bond acceptors (Lipinski definition) is 5. The number of piperazine rings is 1. The van der Waals surface area contributed by atoms with Crippen molar-refractivity contribution in [2.24, 2.45) is 0 Å². The number of halogens is 2. The van der Waals surface area contributed by atoms with Crippen molar-refractivity contribution in [1.29, 1.82) is 0 Å². The van der Waals surface area contributed by atoms with E-state index in [-0.39, 0.29) is 22.4 Å². The number of rotatable bonds is 6. The average molecular weight is 551 g/mol. The van der Waals surface area contributed by atoms with Gasteiger partial charge in [-0.15, -0.1) is 0 Å². The Labute approximate surface area is 226 Å². The SMILES string of the molecule is CC(c1c(F)cccc1F)N1CCN(C(=O)c2ccc(NS(=O)(=O)c3cccc4cccnc34)cc2)[C@H](C)C1. The van der Waals surface area contributed by atoms with Gasteiger partial charge in [-0.3, -0.25) is 19.4 Å². The van der Waals surface area contributed by atoms with Crippen molar-refractivity contribution in [2.45, 2.75) is 30.8 Å². The summed E-state index contributed by atoms with van der Waals surface area (Å²) >= 11 is 0. The molecule has 4 aromatic rings. The highest BCUT2D eigenvalue weighted by Gasteiger charge is 2.32. The third-order valence-corrected chi connectivity index (χ3v) is 8.57. The van der Waals surface area contributed by atoms with Gasteiger partial charge in [0.15, 0.2) is 0 Å². The summed E-state index contributed by atoms with van der Waals surface area (Å²) in [7, 11) is -3.91. The van der Waals surface area contributed by atoms with E-state index in [9.17, 15) is 22.0 Å². The van der Waals surface area contributed by atoms with Crippen molar-refractivity contribution in [1.82, 2.24) is 14.8 Å². The first-order valence-corrected chi connectivity index (χ1v) is 14.1. The number of benzene rings is 3. The second-order valence-corrected chi connectivity index (χ2v) is 11.3. The summed E-state index contributed by atoms with van der Waals surface area (Å²) in [5.74, 6) is -1.36. The van der Waals surface area contributed by atoms with Gasteiger partial charge >= 0.3 is 0 Å². The van der Waals surface area contributed by atoms with E-state index < -0.39 is 27.7 Å². The molecule has 10 heteroatoms. The molecule has 202 valence electrons. The largest absolute Gasteiger partial charge is 0.333 e. The van der Waals surface area contributed by atoms with Gasteiger partial charge in [-0.1, -0.05) is 24.3 Å². The van der Waals surface area contributed by atoms with Crippen LogP contribution < -0.4 is 4.72 Å². The van der Waals surface area contributed by atoms with Gasteiger partial charge in [-0.2, -0.15) is 0 Å². The Morgan fingerprint density at radius 3 is 2.33 bits per heavy atom. The van der Waals surface area contributed by atoms with Crippen molar-refractivity contribution in [3.05, 3.63) is 102 Å². The zero-order chi connectivity index (χ0) is 27.7. The fourth-order valence-electron chi connectivity index (χ4n) is 5.08. The Hall–Kier alpha value is -3.89. The Kier molecular flexibility index (Phi) is 7.33. The molecule has 7 nitrogen and oxygen atoms in total. The van der Waals surface area contributed by atoms with Crippen LogP contribution in [-0.4, -0.2) is 54.8 Å². The highest BCUT2D eigenvalue weighted by Crippen LogP contribution is 2.29. The van der Waals surface area contributed by atoms with Crippen molar-refractivity contribution in [3.63, 3.8) is 0 Å². The standard InChI is InChI=1S/C29H28F2N4O3S/c1-19-18-34(20(2)27-24(30)8-4-9-25(27)31)16-17-35(19)29(36)22-11-13-23(14-12-22)33-39(37,38)26-10-3-6-21-7-5-15-32-28(21)26/h3-15,19-20,33H,16-18H2,1-2H3/t19-,20?/m1/s1. The van der Waals surface area contributed by atoms with Gasteiger partial charge in [-0.25, -0.2) is 17.2 Å². The number of fused-ring (bicyclic) bond motifs is 1. The van der Waals surface area contributed by atoms with E-state index in [1.807, 2.05) is 11.8 Å². The van der Waals surface area contributed by atoms with Gasteiger partial charge < -0.3 is 4.90 Å². The predicted molar refractivity (Wildman–Crippen MR) is 146 cm³/mol. The van der Waals surface area contributed by atoms with Gasteiger partial charge in [0.1, 0.15) is 16.5 Å². The Morgan fingerprint density at radius 2 is 1.64 bits per heavy atom. The second-order valence-electron chi connectivity index (χ2n) is 9.67. The van der Waals surface area contributed by atoms with Gasteiger partial charge in [-0.05, 0) is 62.4 Å². The summed E-state index contributed by atoms with van der Waals surface area (Å²) in [4.78, 5) is 21.2. The molecule has 0 bridgehead atoms. The van der Waals surface area contributed by atoms with Crippen LogP contribution in [0.15, 0.2) is 83.9 Å². The number of para-hydroxylation sites is 1. The number of pyridine rings is 1. The van der Waals surface area contributed by atoms with Gasteiger partial charge in [0.25, 0.3) is 15.9 Å². The van der Waals surface area contributed by atoms with E-state index in [0.29, 0.717) is 41.8 Å². The Balaban J connectivity index is 1.26. The lowest BCUT2D eigenvalue weighted by Gasteiger charge is -2.42. The summed E-state index contributed by atoms with van der Waals surface area (Å²) in [6.07, 6.45) is 1.54. The zero-order valence-electron chi connectivity index (χ0n) is 21.5. The quantitative estimate of drug-likeness (QED) is 0.356. The van der Waals surface area contributed by atoms with Crippen LogP contribution in [0.5, 0.6) is 0 Å². The first-order valence-electron chi connectivity index (χ1n) is 12.6. The molecule has 1 N–H and O–H groups in total. The summed E-state index contributed by atoms with van der Waals surface area (Å²) in [6.45, 7) is 4.97. The van der Waals surface area contributed by atoms with Crippen molar-refractivity contribution >= 4 is 32.5 Å². The van der Waals surface area contributed by atoms with Crippen molar-refractivity contribution < 1.29 is 22.0 Å². The monoisotopic (exact) mass is 550 g/mol. The van der Waals surface area contributed by atoms with Crippen LogP contribution in [0.1, 0.15) is 35.8 Å². The molecule has 3 aromatic carbocycles. The minimum atomic E-state index is -3.91. The van der Waals surface area contributed by atoms with Crippen LogP contribution in [0.25, 0.3) is 10.9 Å². The molecule has 0 aliphatic carbocycles. The van der Waals surface area contributed by atoms with Crippen LogP contribution in [0.3, 0.4) is 0 Å². The zero-order valence-corrected chi connectivity index (χ0v) is 22.3. The molecule has 39 heavy (non-hydrogen) atoms. The minimum absolute atomic E-state index is 0.0294. The molecule has 1 saturated heterocycles. The lowest BCUT2D eigenvalue weighted by molar-refractivity contribution is 0.0397. The molecule has 0 spiro atoms. The first kappa shape index (κ1) is 26.7. The van der Waals surface area contributed by atoms with E-state index in [1.165, 1.54) is 24.3 Å². The Morgan fingerprint density at radius 1 is 0.974 bits per heavy atom. The van der Waals surface area contributed by atoms with Crippen LogP contribution in [0.2, 0.25) is 0 Å². The van der Waals surface area contributed by atoms with Gasteiger partial charge in [0.2, 0.25) is 0 Å². The lowest BCUT2D eigenvalue weighted by Crippen LogP contribution is -2.54. The Bertz CT molecular complexity index is 1600. The minimum Gasteiger partial charge on any atom is -0.333 e. The number of amides is 1. The molecular formula is C29H28F2N4O3S. The number of nitrogens with zero attached hydrogens (tertiary/aromatic N) is 3. The lowest BCUT2D eigenvalue weighted by atomic mass is 10.0. The van der Waals surface area contributed by atoms with E-state index in [1.54, 1.807) is 66.6 Å². The number of anilines is 1. The fourth-order valence-corrected chi connectivity index (χ4v) is 6.32. The van der Waals surface area contributed by atoms with Crippen molar-refractivity contribution in [2.75, 3.05) is 24.4 Å². The summed E-state index contributed by atoms with van der Waals surface area (Å²) in [5.41, 5.74) is 1.14. The number of sulfonamides is 1. The maximum Gasteiger partial charge on any atom is 0.264 e. The normalized spacial score (nSPS) is 17.2. The summed E-state index contributed by atoms with van der Waals surface area (Å²) < 4.78 is 57.3. The molecule has 2 heterocycles. The highest BCUT2D eigenvalue weighted by atomic mass is 32.2. The van der Waals surface area contributed by atoms with Crippen LogP contribution in [0.4, 0.5) is 14.5 Å². The van der Waals surface area contributed by atoms with E-state index in [0.717, 1.165) is 0 Å². The predicted octanol–water partition coefficient (Wildman–Crippen LogP) is 5.22. The van der Waals surface area contributed by atoms with Gasteiger partial charge in [0.05, 0.1) is 5.52 Å². The maximum absolute atomic E-state index is 14.3. The molecule has 1 aromatic heterocycles. The third-order valence-electron chi connectivity index (χ3n) is 7.15. The molecule has 1 fully saturated rings. The average Bonchev–Trinajstić information content (AvgIpc) is 2.92. The van der Waals surface area contributed by atoms with Gasteiger partial charge in [0, 0.05) is 60.1 Å². The third kappa shape index (κ3) is 5.35. The molecular weight excluding hydrogens is 522 g/mol. The number of aromatic nitrogens is 1. The highest BCUT2D eigenvalue weighted by molar-refractivity contribution is 7.93. The number of carbonyl (C=O) groups excluding carboxylic acids is 1. The maximum atomic E-state index is 14.3. The second kappa shape index (κ2) is 10.7. The van der Waals surface area contributed by atoms with Crippen LogP contribution in [-0.2, 0) is 10.0 Å². The van der Waals surface area contributed by atoms with E-state index in [4.69, 9.17) is 0 Å². The summed E-state index contributed by atoms with van der Waals surface area (Å²) in [5, 5.41) is 0.712. The van der Waals surface area contributed by atoms with E-state index in [2.05, 4.69) is 9.71 Å². The molecule has 1 aliphatic heterocycles. The van der Waals surface area contributed by atoms with Crippen LogP contribution >= 0.6 is 0 Å². The molecule has 5 rings (SSSR count). The molecule has 2 atom stereocenters. The number of carbonyl (C=O) groups is 1. The summed E-state index contributed by atoms with van der Waals surface area (Å²) in [6, 6.07) is 17.9. The van der Waals surface area contributed by atoms with E-state index >= 15 is 0 Å². The molecule has 0 saturated carbocycles.